The largest absolute Gasteiger partial charge is 0.372 e. The Hall–Kier alpha value is 0.540. The summed E-state index contributed by atoms with van der Waals surface area (Å²) in [5.74, 6) is 0. The van der Waals surface area contributed by atoms with Crippen LogP contribution in [0.5, 0.6) is 0 Å². The van der Waals surface area contributed by atoms with Crippen LogP contribution in [0.25, 0.3) is 0 Å². The van der Waals surface area contributed by atoms with Gasteiger partial charge >= 0.3 is 0 Å². The van der Waals surface area contributed by atoms with Gasteiger partial charge in [0.1, 0.15) is 4.33 Å². The first-order valence-electron chi connectivity index (χ1n) is 6.78. The Labute approximate surface area is 116 Å². The molecule has 0 bridgehead atoms. The molecule has 1 heterocycles. The van der Waals surface area contributed by atoms with E-state index in [0.717, 1.165) is 38.4 Å². The van der Waals surface area contributed by atoms with Gasteiger partial charge in [-0.1, -0.05) is 45.4 Å². The standard InChI is InChI=1S/C14H24Cl2O/c1-2-10-14(15,16)12-13-9-7-5-3-4-6-8-11-17-13/h1-12H2. The third-order valence-corrected chi connectivity index (χ3v) is 3.80. The molecule has 100 valence electrons. The Morgan fingerprint density at radius 3 is 2.41 bits per heavy atom. The molecular weight excluding hydrogens is 255 g/mol. The van der Waals surface area contributed by atoms with Crippen molar-refractivity contribution in [2.45, 2.75) is 68.5 Å². The van der Waals surface area contributed by atoms with Crippen LogP contribution in [0.4, 0.5) is 0 Å². The molecular formula is C14H24Cl2O. The summed E-state index contributed by atoms with van der Waals surface area (Å²) in [5.41, 5.74) is 0. The third kappa shape index (κ3) is 7.54. The van der Waals surface area contributed by atoms with Crippen LogP contribution in [0.1, 0.15) is 64.2 Å². The van der Waals surface area contributed by atoms with E-state index in [4.69, 9.17) is 27.9 Å². The van der Waals surface area contributed by atoms with Crippen molar-refractivity contribution < 1.29 is 4.74 Å². The van der Waals surface area contributed by atoms with Crippen molar-refractivity contribution in [1.82, 2.24) is 0 Å². The van der Waals surface area contributed by atoms with E-state index in [-0.39, 0.29) is 0 Å². The first-order valence-corrected chi connectivity index (χ1v) is 7.54. The lowest BCUT2D eigenvalue weighted by Crippen LogP contribution is -2.19. The second-order valence-corrected chi connectivity index (χ2v) is 6.54. The molecule has 1 aliphatic heterocycles. The second kappa shape index (κ2) is 8.61. The smallest absolute Gasteiger partial charge is 0.121 e. The van der Waals surface area contributed by atoms with Crippen LogP contribution >= 0.6 is 23.2 Å². The highest BCUT2D eigenvalue weighted by molar-refractivity contribution is 6.48. The molecule has 1 rings (SSSR count). The van der Waals surface area contributed by atoms with Gasteiger partial charge in [-0.15, -0.1) is 23.2 Å². The van der Waals surface area contributed by atoms with Gasteiger partial charge in [0.15, 0.2) is 0 Å². The van der Waals surface area contributed by atoms with E-state index in [0.29, 0.717) is 6.42 Å². The third-order valence-electron chi connectivity index (χ3n) is 3.15. The summed E-state index contributed by atoms with van der Waals surface area (Å²) in [6.45, 7) is 4.63. The van der Waals surface area contributed by atoms with Gasteiger partial charge in [-0.05, 0) is 19.3 Å². The first kappa shape index (κ1) is 15.6. The van der Waals surface area contributed by atoms with Gasteiger partial charge in [0.05, 0.1) is 6.10 Å². The maximum absolute atomic E-state index is 6.26. The van der Waals surface area contributed by atoms with Gasteiger partial charge in [0.25, 0.3) is 0 Å². The van der Waals surface area contributed by atoms with Crippen molar-refractivity contribution in [3.05, 3.63) is 13.0 Å². The van der Waals surface area contributed by atoms with Crippen LogP contribution in [0, 0.1) is 13.0 Å². The van der Waals surface area contributed by atoms with Crippen molar-refractivity contribution >= 4 is 23.2 Å². The Morgan fingerprint density at radius 1 is 1.06 bits per heavy atom. The lowest BCUT2D eigenvalue weighted by atomic mass is 10.0. The fourth-order valence-electron chi connectivity index (χ4n) is 2.19. The van der Waals surface area contributed by atoms with E-state index in [1.54, 1.807) is 0 Å². The molecule has 0 aromatic heterocycles. The highest BCUT2D eigenvalue weighted by Crippen LogP contribution is 2.37. The number of rotatable bonds is 4. The number of alkyl halides is 2. The maximum atomic E-state index is 6.26. The number of ether oxygens (including phenoxy) is 1. The van der Waals surface area contributed by atoms with E-state index < -0.39 is 4.33 Å². The lowest BCUT2D eigenvalue weighted by molar-refractivity contribution is 0.114. The second-order valence-electron chi connectivity index (χ2n) is 4.89. The Kier molecular flexibility index (Phi) is 7.90. The van der Waals surface area contributed by atoms with E-state index in [1.807, 2.05) is 0 Å². The van der Waals surface area contributed by atoms with Crippen molar-refractivity contribution in [1.29, 1.82) is 0 Å². The fraction of sp³-hybridized carbons (Fsp3) is 0.857. The topological polar surface area (TPSA) is 9.23 Å². The predicted octanol–water partition coefficient (Wildman–Crippen LogP) is 5.46. The minimum atomic E-state index is -0.693. The van der Waals surface area contributed by atoms with Crippen LogP contribution in [0.3, 0.4) is 0 Å². The van der Waals surface area contributed by atoms with Gasteiger partial charge in [0.2, 0.25) is 0 Å². The zero-order chi connectivity index (χ0) is 12.6. The Morgan fingerprint density at radius 2 is 1.71 bits per heavy atom. The fourth-order valence-corrected chi connectivity index (χ4v) is 2.76. The molecule has 0 N–H and O–H groups in total. The van der Waals surface area contributed by atoms with Crippen LogP contribution < -0.4 is 0 Å². The van der Waals surface area contributed by atoms with Crippen molar-refractivity contribution in [3.63, 3.8) is 0 Å². The Balaban J connectivity index is 2.36. The molecule has 0 spiro atoms. The molecule has 17 heavy (non-hydrogen) atoms. The summed E-state index contributed by atoms with van der Waals surface area (Å²) in [5, 5.41) is 0. The monoisotopic (exact) mass is 278 g/mol. The van der Waals surface area contributed by atoms with E-state index in [9.17, 15) is 0 Å². The summed E-state index contributed by atoms with van der Waals surface area (Å²) in [7, 11) is 0. The number of hydrogen-bond donors (Lipinski definition) is 0. The zero-order valence-electron chi connectivity index (χ0n) is 10.6. The van der Waals surface area contributed by atoms with Gasteiger partial charge in [-0.2, -0.15) is 0 Å². The molecule has 1 fully saturated rings. The molecule has 3 heteroatoms. The minimum Gasteiger partial charge on any atom is -0.372 e. The predicted molar refractivity (Wildman–Crippen MR) is 75.2 cm³/mol. The molecule has 0 atom stereocenters. The summed E-state index contributed by atoms with van der Waals surface area (Å²) < 4.78 is 5.13. The molecule has 0 aromatic carbocycles. The van der Waals surface area contributed by atoms with Crippen molar-refractivity contribution in [2.75, 3.05) is 6.61 Å². The maximum Gasteiger partial charge on any atom is 0.121 e. The molecule has 0 unspecified atom stereocenters. The number of halogens is 2. The average Bonchev–Trinajstić information content (AvgIpc) is 2.26. The highest BCUT2D eigenvalue weighted by atomic mass is 35.5. The molecule has 0 aromatic rings. The molecule has 2 radical (unpaired) electrons. The highest BCUT2D eigenvalue weighted by Gasteiger charge is 2.28. The number of hydrogen-bond acceptors (Lipinski definition) is 1. The summed E-state index contributed by atoms with van der Waals surface area (Å²) in [6.07, 6.45) is 11.9. The molecule has 1 saturated heterocycles. The summed E-state index contributed by atoms with van der Waals surface area (Å²) >= 11 is 12.5. The van der Waals surface area contributed by atoms with Gasteiger partial charge < -0.3 is 4.74 Å². The zero-order valence-corrected chi connectivity index (χ0v) is 12.2. The van der Waals surface area contributed by atoms with E-state index in [2.05, 4.69) is 6.92 Å². The van der Waals surface area contributed by atoms with E-state index >= 15 is 0 Å². The normalized spacial score (nSPS) is 21.4. The SMILES string of the molecule is [CH2]CCC(Cl)(Cl)C[C]1CCCCCCCCO1. The lowest BCUT2D eigenvalue weighted by Gasteiger charge is -2.25. The minimum absolute atomic E-state index is 0.658. The quantitative estimate of drug-likeness (QED) is 0.621. The summed E-state index contributed by atoms with van der Waals surface area (Å²) in [6, 6.07) is 0. The average molecular weight is 279 g/mol. The van der Waals surface area contributed by atoms with Crippen LogP contribution in [-0.4, -0.2) is 10.9 Å². The molecule has 0 saturated carbocycles. The summed E-state index contributed by atoms with van der Waals surface area (Å²) in [4.78, 5) is 0. The van der Waals surface area contributed by atoms with Gasteiger partial charge in [-0.25, -0.2) is 0 Å². The molecule has 1 aliphatic rings. The van der Waals surface area contributed by atoms with Crippen molar-refractivity contribution in [3.8, 4) is 0 Å². The molecule has 1 nitrogen and oxygen atoms in total. The van der Waals surface area contributed by atoms with Gasteiger partial charge in [0, 0.05) is 13.0 Å². The molecule has 0 aliphatic carbocycles. The van der Waals surface area contributed by atoms with E-state index in [1.165, 1.54) is 32.1 Å². The Bertz CT molecular complexity index is 185. The van der Waals surface area contributed by atoms with Crippen molar-refractivity contribution in [2.24, 2.45) is 0 Å². The first-order chi connectivity index (χ1) is 8.14. The van der Waals surface area contributed by atoms with Crippen LogP contribution in [0.2, 0.25) is 0 Å². The van der Waals surface area contributed by atoms with Crippen LogP contribution in [-0.2, 0) is 4.74 Å². The van der Waals surface area contributed by atoms with Crippen LogP contribution in [0.15, 0.2) is 0 Å². The molecule has 0 amide bonds. The van der Waals surface area contributed by atoms with Gasteiger partial charge in [-0.3, -0.25) is 0 Å².